The first-order chi connectivity index (χ1) is 9.93. The number of benzene rings is 1. The van der Waals surface area contributed by atoms with Crippen molar-refractivity contribution in [3.8, 4) is 5.75 Å². The van der Waals surface area contributed by atoms with E-state index in [1.54, 1.807) is 0 Å². The molecule has 1 aromatic carbocycles. The van der Waals surface area contributed by atoms with Gasteiger partial charge in [-0.05, 0) is 24.6 Å². The predicted octanol–water partition coefficient (Wildman–Crippen LogP) is 3.11. The van der Waals surface area contributed by atoms with Gasteiger partial charge in [-0.25, -0.2) is 9.18 Å². The van der Waals surface area contributed by atoms with E-state index in [1.165, 1.54) is 18.2 Å². The van der Waals surface area contributed by atoms with Crippen LogP contribution in [0, 0.1) is 5.82 Å². The van der Waals surface area contributed by atoms with Gasteiger partial charge >= 0.3 is 5.97 Å². The van der Waals surface area contributed by atoms with Crippen molar-refractivity contribution in [2.24, 2.45) is 0 Å². The first-order valence-corrected chi connectivity index (χ1v) is 6.90. The van der Waals surface area contributed by atoms with Crippen LogP contribution in [-0.4, -0.2) is 22.1 Å². The molecule has 1 aromatic heterocycles. The minimum atomic E-state index is -1.18. The number of aromatic hydroxyl groups is 1. The number of aryl methyl sites for hydroxylation is 1. The smallest absolute Gasteiger partial charge is 0.338 e. The summed E-state index contributed by atoms with van der Waals surface area (Å²) >= 11 is 1.11. The quantitative estimate of drug-likeness (QED) is 0.810. The van der Waals surface area contributed by atoms with Gasteiger partial charge in [0, 0.05) is 4.88 Å². The van der Waals surface area contributed by atoms with E-state index < -0.39 is 29.0 Å². The number of phenolic OH excluding ortho intramolecular Hbond substituents is 1. The first-order valence-electron chi connectivity index (χ1n) is 6.08. The van der Waals surface area contributed by atoms with Crippen molar-refractivity contribution >= 4 is 28.2 Å². The number of anilines is 1. The molecule has 0 aliphatic rings. The summed E-state index contributed by atoms with van der Waals surface area (Å²) < 4.78 is 13.6. The molecule has 5 nitrogen and oxygen atoms in total. The zero-order valence-corrected chi connectivity index (χ0v) is 11.8. The van der Waals surface area contributed by atoms with Gasteiger partial charge in [0.25, 0.3) is 5.91 Å². The molecule has 3 N–H and O–H groups in total. The van der Waals surface area contributed by atoms with E-state index in [0.29, 0.717) is 6.42 Å². The van der Waals surface area contributed by atoms with Gasteiger partial charge in [-0.1, -0.05) is 13.0 Å². The minimum absolute atomic E-state index is 0.0546. The lowest BCUT2D eigenvalue weighted by atomic mass is 10.1. The molecule has 7 heteroatoms. The number of carbonyl (C=O) groups is 2. The highest BCUT2D eigenvalue weighted by Crippen LogP contribution is 2.30. The molecule has 0 radical (unpaired) electrons. The van der Waals surface area contributed by atoms with Crippen molar-refractivity contribution in [2.45, 2.75) is 13.3 Å². The predicted molar refractivity (Wildman–Crippen MR) is 76.7 cm³/mol. The van der Waals surface area contributed by atoms with Gasteiger partial charge in [0.2, 0.25) is 0 Å². The molecule has 0 saturated heterocycles. The molecule has 0 bridgehead atoms. The van der Waals surface area contributed by atoms with Gasteiger partial charge in [0.15, 0.2) is 0 Å². The highest BCUT2D eigenvalue weighted by molar-refractivity contribution is 7.16. The van der Waals surface area contributed by atoms with E-state index >= 15 is 0 Å². The molecule has 0 saturated carbocycles. The summed E-state index contributed by atoms with van der Waals surface area (Å²) in [5.74, 6) is -3.45. The van der Waals surface area contributed by atoms with E-state index in [2.05, 4.69) is 5.32 Å². The summed E-state index contributed by atoms with van der Waals surface area (Å²) in [6.45, 7) is 1.85. The molecule has 0 spiro atoms. The number of aromatic carboxylic acids is 1. The molecule has 2 aromatic rings. The number of rotatable bonds is 4. The van der Waals surface area contributed by atoms with E-state index in [-0.39, 0.29) is 10.6 Å². The Balaban J connectivity index is 2.36. The maximum absolute atomic E-state index is 13.6. The fourth-order valence-electron chi connectivity index (χ4n) is 1.77. The maximum Gasteiger partial charge on any atom is 0.338 e. The lowest BCUT2D eigenvalue weighted by Crippen LogP contribution is -2.15. The van der Waals surface area contributed by atoms with Crippen LogP contribution in [0.1, 0.15) is 32.5 Å². The fourth-order valence-corrected chi connectivity index (χ4v) is 2.75. The number of carbonyl (C=O) groups excluding carboxylic acids is 1. The molecule has 2 rings (SSSR count). The van der Waals surface area contributed by atoms with E-state index in [9.17, 15) is 19.1 Å². The molecule has 1 heterocycles. The largest absolute Gasteiger partial charge is 0.507 e. The van der Waals surface area contributed by atoms with Crippen molar-refractivity contribution in [1.82, 2.24) is 0 Å². The minimum Gasteiger partial charge on any atom is -0.507 e. The number of carboxylic acids is 1. The van der Waals surface area contributed by atoms with Crippen LogP contribution in [0.25, 0.3) is 0 Å². The van der Waals surface area contributed by atoms with Crippen LogP contribution in [0.2, 0.25) is 0 Å². The Hall–Kier alpha value is -2.41. The van der Waals surface area contributed by atoms with E-state index in [1.807, 2.05) is 6.92 Å². The Labute approximate surface area is 123 Å². The van der Waals surface area contributed by atoms with E-state index in [4.69, 9.17) is 5.11 Å². The van der Waals surface area contributed by atoms with Gasteiger partial charge in [0.05, 0.1) is 5.56 Å². The number of phenols is 1. The normalized spacial score (nSPS) is 10.4. The number of thiophene rings is 1. The number of halogens is 1. The highest BCUT2D eigenvalue weighted by atomic mass is 32.1. The van der Waals surface area contributed by atoms with Crippen LogP contribution in [0.5, 0.6) is 5.75 Å². The number of hydrogen-bond donors (Lipinski definition) is 3. The van der Waals surface area contributed by atoms with Crippen LogP contribution >= 0.6 is 11.3 Å². The van der Waals surface area contributed by atoms with Crippen molar-refractivity contribution in [1.29, 1.82) is 0 Å². The second kappa shape index (κ2) is 5.92. The van der Waals surface area contributed by atoms with Crippen molar-refractivity contribution in [2.75, 3.05) is 5.32 Å². The molecule has 21 heavy (non-hydrogen) atoms. The van der Waals surface area contributed by atoms with Gasteiger partial charge in [0.1, 0.15) is 22.1 Å². The van der Waals surface area contributed by atoms with Crippen molar-refractivity contribution in [3.63, 3.8) is 0 Å². The third-order valence-corrected chi connectivity index (χ3v) is 4.00. The van der Waals surface area contributed by atoms with E-state index in [0.717, 1.165) is 22.3 Å². The Kier molecular flexibility index (Phi) is 4.23. The van der Waals surface area contributed by atoms with Crippen molar-refractivity contribution < 1.29 is 24.2 Å². The Morgan fingerprint density at radius 3 is 2.67 bits per heavy atom. The highest BCUT2D eigenvalue weighted by Gasteiger charge is 2.21. The first kappa shape index (κ1) is 15.0. The second-order valence-corrected chi connectivity index (χ2v) is 5.34. The van der Waals surface area contributed by atoms with Crippen molar-refractivity contribution in [3.05, 3.63) is 46.1 Å². The standard InChI is InChI=1S/C14H12FNO4S/c1-2-7-6-8(14(19)20)13(21-7)16-12(18)11-9(15)4-3-5-10(11)17/h3-6,17H,2H2,1H3,(H,16,18)(H,19,20). The summed E-state index contributed by atoms with van der Waals surface area (Å²) in [7, 11) is 0. The topological polar surface area (TPSA) is 86.6 Å². The average Bonchev–Trinajstić information content (AvgIpc) is 2.81. The van der Waals surface area contributed by atoms with Crippen LogP contribution in [0.15, 0.2) is 24.3 Å². The third-order valence-electron chi connectivity index (χ3n) is 2.81. The summed E-state index contributed by atoms with van der Waals surface area (Å²) in [6.07, 6.45) is 0.617. The zero-order chi connectivity index (χ0) is 15.6. The Morgan fingerprint density at radius 1 is 1.38 bits per heavy atom. The summed E-state index contributed by atoms with van der Waals surface area (Å²) in [6, 6.07) is 4.95. The zero-order valence-electron chi connectivity index (χ0n) is 11.0. The second-order valence-electron chi connectivity index (χ2n) is 4.20. The third kappa shape index (κ3) is 3.03. The van der Waals surface area contributed by atoms with Crippen LogP contribution in [0.4, 0.5) is 9.39 Å². The van der Waals surface area contributed by atoms with Gasteiger partial charge in [-0.2, -0.15) is 0 Å². The number of hydrogen-bond acceptors (Lipinski definition) is 4. The fraction of sp³-hybridized carbons (Fsp3) is 0.143. The molecule has 0 atom stereocenters. The van der Waals surface area contributed by atoms with Gasteiger partial charge in [-0.3, -0.25) is 4.79 Å². The monoisotopic (exact) mass is 309 g/mol. The Bertz CT molecular complexity index is 691. The summed E-state index contributed by atoms with van der Waals surface area (Å²) in [4.78, 5) is 23.9. The molecule has 0 aliphatic heterocycles. The van der Waals surface area contributed by atoms with Gasteiger partial charge in [-0.15, -0.1) is 11.3 Å². The number of amides is 1. The van der Waals surface area contributed by atoms with Gasteiger partial charge < -0.3 is 15.5 Å². The molecule has 0 unspecified atom stereocenters. The molecule has 0 fully saturated rings. The molecule has 1 amide bonds. The van der Waals surface area contributed by atoms with Crippen LogP contribution in [0.3, 0.4) is 0 Å². The number of carboxylic acid groups (broad SMARTS) is 1. The molecular formula is C14H12FNO4S. The SMILES string of the molecule is CCc1cc(C(=O)O)c(NC(=O)c2c(O)cccc2F)s1. The molecular weight excluding hydrogens is 297 g/mol. The Morgan fingerprint density at radius 2 is 2.10 bits per heavy atom. The lowest BCUT2D eigenvalue weighted by molar-refractivity contribution is 0.0698. The molecule has 110 valence electrons. The molecule has 0 aliphatic carbocycles. The maximum atomic E-state index is 13.6. The summed E-state index contributed by atoms with van der Waals surface area (Å²) in [5, 5.41) is 21.1. The average molecular weight is 309 g/mol. The van der Waals surface area contributed by atoms with Crippen LogP contribution < -0.4 is 5.32 Å². The lowest BCUT2D eigenvalue weighted by Gasteiger charge is -2.07. The summed E-state index contributed by atoms with van der Waals surface area (Å²) in [5.41, 5.74) is -0.568. The van der Waals surface area contributed by atoms with Crippen LogP contribution in [-0.2, 0) is 6.42 Å². The number of nitrogens with one attached hydrogen (secondary N) is 1.